The fourth-order valence-corrected chi connectivity index (χ4v) is 6.19. The van der Waals surface area contributed by atoms with Gasteiger partial charge in [-0.3, -0.25) is 4.98 Å². The van der Waals surface area contributed by atoms with Gasteiger partial charge < -0.3 is 19.5 Å². The number of ether oxygens (including phenoxy) is 1. The summed E-state index contributed by atoms with van der Waals surface area (Å²) >= 11 is 5.94. The summed E-state index contributed by atoms with van der Waals surface area (Å²) in [7, 11) is 1.40. The molecule has 3 heterocycles. The van der Waals surface area contributed by atoms with Gasteiger partial charge in [-0.2, -0.15) is 0 Å². The van der Waals surface area contributed by atoms with E-state index in [0.717, 1.165) is 22.2 Å². The zero-order valence-corrected chi connectivity index (χ0v) is 21.3. The van der Waals surface area contributed by atoms with Gasteiger partial charge in [-0.15, -0.1) is 0 Å². The fraction of sp³-hybridized carbons (Fsp3) is 0.393. The number of benzene rings is 1. The maximum atomic E-state index is 11.9. The molecular weight excluding hydrogens is 456 g/mol. The molecular formula is C28H32N4O2S. The maximum absolute atomic E-state index is 11.9. The number of nitrogens with zero attached hydrogens (tertiary/aromatic N) is 3. The third-order valence-corrected chi connectivity index (χ3v) is 7.77. The highest BCUT2D eigenvalue weighted by molar-refractivity contribution is 7.80. The lowest BCUT2D eigenvalue weighted by molar-refractivity contribution is 0.0600. The van der Waals surface area contributed by atoms with Crippen LogP contribution in [0.15, 0.2) is 54.7 Å². The van der Waals surface area contributed by atoms with Crippen molar-refractivity contribution in [3.05, 3.63) is 82.9 Å². The van der Waals surface area contributed by atoms with E-state index in [1.54, 1.807) is 0 Å². The molecule has 1 aromatic carbocycles. The molecule has 6 nitrogen and oxygen atoms in total. The minimum atomic E-state index is -0.329. The van der Waals surface area contributed by atoms with Gasteiger partial charge in [-0.1, -0.05) is 25.3 Å². The minimum absolute atomic E-state index is 0.0127. The molecule has 1 aliphatic carbocycles. The number of carbonyl (C=O) groups excluding carboxylic acids is 1. The van der Waals surface area contributed by atoms with Crippen molar-refractivity contribution in [1.82, 2.24) is 19.8 Å². The van der Waals surface area contributed by atoms with E-state index in [2.05, 4.69) is 40.8 Å². The van der Waals surface area contributed by atoms with Gasteiger partial charge in [-0.25, -0.2) is 4.79 Å². The number of aromatic nitrogens is 2. The molecule has 182 valence electrons. The Balaban J connectivity index is 1.58. The number of hydrogen-bond donors (Lipinski definition) is 1. The van der Waals surface area contributed by atoms with Crippen LogP contribution in [0.5, 0.6) is 0 Å². The number of hydrogen-bond acceptors (Lipinski definition) is 4. The number of esters is 1. The van der Waals surface area contributed by atoms with Crippen LogP contribution in [0.25, 0.3) is 5.69 Å². The zero-order valence-electron chi connectivity index (χ0n) is 20.5. The van der Waals surface area contributed by atoms with E-state index in [1.165, 1.54) is 50.5 Å². The summed E-state index contributed by atoms with van der Waals surface area (Å²) in [5.41, 5.74) is 6.14. The third-order valence-electron chi connectivity index (χ3n) is 7.44. The van der Waals surface area contributed by atoms with Gasteiger partial charge in [-0.05, 0) is 86.9 Å². The highest BCUT2D eigenvalue weighted by Crippen LogP contribution is 2.44. The van der Waals surface area contributed by atoms with Gasteiger partial charge in [0.1, 0.15) is 0 Å². The second-order valence-electron chi connectivity index (χ2n) is 9.53. The van der Waals surface area contributed by atoms with Crippen molar-refractivity contribution in [3.63, 3.8) is 0 Å². The lowest BCUT2D eigenvalue weighted by Crippen LogP contribution is -2.40. The number of pyridine rings is 1. The molecule has 2 atom stereocenters. The SMILES string of the molecule is COC(=O)c1ccc(-n2c(C)cc([C@@H]3[C@@H](c4ccccn4)NC(=S)N3C3CCCCC3)c2C)cc1. The molecule has 0 radical (unpaired) electrons. The van der Waals surface area contributed by atoms with Crippen molar-refractivity contribution in [3.8, 4) is 5.69 Å². The summed E-state index contributed by atoms with van der Waals surface area (Å²) < 4.78 is 7.11. The fourth-order valence-electron chi connectivity index (χ4n) is 5.80. The first-order valence-corrected chi connectivity index (χ1v) is 12.8. The van der Waals surface area contributed by atoms with Gasteiger partial charge in [0.05, 0.1) is 30.5 Å². The van der Waals surface area contributed by atoms with Crippen LogP contribution in [0.2, 0.25) is 0 Å². The number of nitrogens with one attached hydrogen (secondary N) is 1. The molecule has 2 aromatic heterocycles. The first-order valence-electron chi connectivity index (χ1n) is 12.4. The van der Waals surface area contributed by atoms with E-state index in [1.807, 2.05) is 42.6 Å². The standard InChI is InChI=1S/C28H32N4O2S/c1-18-17-23(19(2)31(18)22-14-12-20(13-15-22)27(33)34-3)26-25(24-11-7-8-16-29-24)30-28(35)32(26)21-9-5-4-6-10-21/h7-8,11-17,21,25-26H,4-6,9-10H2,1-3H3,(H,30,35)/t25-,26-/m1/s1. The second-order valence-corrected chi connectivity index (χ2v) is 9.91. The van der Waals surface area contributed by atoms with Crippen LogP contribution in [-0.4, -0.2) is 38.7 Å². The molecule has 35 heavy (non-hydrogen) atoms. The Labute approximate surface area is 212 Å². The van der Waals surface area contributed by atoms with Crippen molar-refractivity contribution in [1.29, 1.82) is 0 Å². The summed E-state index contributed by atoms with van der Waals surface area (Å²) in [6.45, 7) is 4.30. The summed E-state index contributed by atoms with van der Waals surface area (Å²) in [5.74, 6) is -0.329. The highest BCUT2D eigenvalue weighted by Gasteiger charge is 2.44. The Kier molecular flexibility index (Phi) is 6.60. The molecule has 1 N–H and O–H groups in total. The van der Waals surface area contributed by atoms with Gasteiger partial charge in [0.25, 0.3) is 0 Å². The van der Waals surface area contributed by atoms with Crippen LogP contribution in [0.4, 0.5) is 0 Å². The second kappa shape index (κ2) is 9.82. The van der Waals surface area contributed by atoms with Gasteiger partial charge in [0.2, 0.25) is 0 Å². The monoisotopic (exact) mass is 488 g/mol. The molecule has 1 saturated carbocycles. The molecule has 2 aliphatic rings. The number of methoxy groups -OCH3 is 1. The smallest absolute Gasteiger partial charge is 0.337 e. The van der Waals surface area contributed by atoms with E-state index in [4.69, 9.17) is 21.9 Å². The summed E-state index contributed by atoms with van der Waals surface area (Å²) in [4.78, 5) is 19.1. The maximum Gasteiger partial charge on any atom is 0.337 e. The topological polar surface area (TPSA) is 59.4 Å². The van der Waals surface area contributed by atoms with Gasteiger partial charge in [0, 0.05) is 29.3 Å². The molecule has 0 spiro atoms. The first kappa shape index (κ1) is 23.5. The van der Waals surface area contributed by atoms with Crippen molar-refractivity contribution in [2.75, 3.05) is 7.11 Å². The third kappa shape index (κ3) is 4.33. The van der Waals surface area contributed by atoms with Crippen LogP contribution in [0.1, 0.15) is 77.2 Å². The largest absolute Gasteiger partial charge is 0.465 e. The van der Waals surface area contributed by atoms with Crippen molar-refractivity contribution < 1.29 is 9.53 Å². The summed E-state index contributed by atoms with van der Waals surface area (Å²) in [5, 5.41) is 4.45. The normalized spacial score (nSPS) is 20.7. The minimum Gasteiger partial charge on any atom is -0.465 e. The molecule has 1 saturated heterocycles. The van der Waals surface area contributed by atoms with Crippen LogP contribution in [-0.2, 0) is 4.74 Å². The lowest BCUT2D eigenvalue weighted by atomic mass is 9.90. The molecule has 3 aromatic rings. The van der Waals surface area contributed by atoms with E-state index < -0.39 is 0 Å². The molecule has 1 aliphatic heterocycles. The molecule has 0 unspecified atom stereocenters. The lowest BCUT2D eigenvalue weighted by Gasteiger charge is -2.37. The summed E-state index contributed by atoms with van der Waals surface area (Å²) in [6.07, 6.45) is 7.98. The van der Waals surface area contributed by atoms with E-state index in [0.29, 0.717) is 11.6 Å². The van der Waals surface area contributed by atoms with Crippen molar-refractivity contribution >= 4 is 23.3 Å². The predicted octanol–water partition coefficient (Wildman–Crippen LogP) is 5.58. The van der Waals surface area contributed by atoms with Crippen molar-refractivity contribution in [2.24, 2.45) is 0 Å². The molecule has 0 amide bonds. The van der Waals surface area contributed by atoms with E-state index in [9.17, 15) is 4.79 Å². The van der Waals surface area contributed by atoms with Gasteiger partial charge >= 0.3 is 5.97 Å². The molecule has 7 heteroatoms. The average molecular weight is 489 g/mol. The molecule has 2 fully saturated rings. The van der Waals surface area contributed by atoms with Crippen LogP contribution in [0.3, 0.4) is 0 Å². The highest BCUT2D eigenvalue weighted by atomic mass is 32.1. The molecule has 5 rings (SSSR count). The number of aryl methyl sites for hydroxylation is 1. The Morgan fingerprint density at radius 2 is 1.83 bits per heavy atom. The van der Waals surface area contributed by atoms with Gasteiger partial charge in [0.15, 0.2) is 5.11 Å². The Hall–Kier alpha value is -3.19. The first-order chi connectivity index (χ1) is 17.0. The Morgan fingerprint density at radius 1 is 1.09 bits per heavy atom. The quantitative estimate of drug-likeness (QED) is 0.374. The Morgan fingerprint density at radius 3 is 2.49 bits per heavy atom. The number of thiocarbonyl (C=S) groups is 1. The van der Waals surface area contributed by atoms with Crippen LogP contribution in [0, 0.1) is 13.8 Å². The van der Waals surface area contributed by atoms with Crippen molar-refractivity contribution in [2.45, 2.75) is 64.1 Å². The summed E-state index contributed by atoms with van der Waals surface area (Å²) in [6, 6.07) is 16.4. The zero-order chi connectivity index (χ0) is 24.5. The number of carbonyl (C=O) groups is 1. The van der Waals surface area contributed by atoms with Crippen LogP contribution < -0.4 is 5.32 Å². The Bertz CT molecular complexity index is 1220. The van der Waals surface area contributed by atoms with Crippen LogP contribution >= 0.6 is 12.2 Å². The predicted molar refractivity (Wildman–Crippen MR) is 141 cm³/mol. The molecule has 0 bridgehead atoms. The van der Waals surface area contributed by atoms with E-state index in [-0.39, 0.29) is 18.1 Å². The van der Waals surface area contributed by atoms with E-state index >= 15 is 0 Å². The average Bonchev–Trinajstić information content (AvgIpc) is 3.39. The number of rotatable bonds is 5.